The van der Waals surface area contributed by atoms with E-state index in [0.29, 0.717) is 19.8 Å². The van der Waals surface area contributed by atoms with Gasteiger partial charge in [-0.25, -0.2) is 9.59 Å². The van der Waals surface area contributed by atoms with Crippen molar-refractivity contribution < 1.29 is 33.2 Å². The monoisotopic (exact) mass is 222 g/mol. The highest BCUT2D eigenvalue weighted by Gasteiger charge is 2.20. The molecule has 2 aliphatic heterocycles. The standard InChI is InChI=1S/C5H6O3.C3H4O3.FH/c1-2-4-3-7-5(6)8-4;4-3-5-1-2-6-3;/h2,4H,1,3H2;1-2H2;1H. The summed E-state index contributed by atoms with van der Waals surface area (Å²) in [6.45, 7) is 4.56. The number of halogens is 1. The summed E-state index contributed by atoms with van der Waals surface area (Å²) in [6, 6.07) is 0. The molecule has 2 aliphatic rings. The van der Waals surface area contributed by atoms with Gasteiger partial charge in [-0.3, -0.25) is 4.70 Å². The topological polar surface area (TPSA) is 71.1 Å². The van der Waals surface area contributed by atoms with Crippen molar-refractivity contribution in [1.29, 1.82) is 0 Å². The van der Waals surface area contributed by atoms with Crippen LogP contribution in [0.15, 0.2) is 12.7 Å². The van der Waals surface area contributed by atoms with Crippen molar-refractivity contribution in [3.8, 4) is 0 Å². The molecule has 0 spiro atoms. The summed E-state index contributed by atoms with van der Waals surface area (Å²) < 4.78 is 17.5. The lowest BCUT2D eigenvalue weighted by molar-refractivity contribution is 0.125. The highest BCUT2D eigenvalue weighted by molar-refractivity contribution is 5.62. The van der Waals surface area contributed by atoms with Gasteiger partial charge < -0.3 is 18.9 Å². The summed E-state index contributed by atoms with van der Waals surface area (Å²) in [5.41, 5.74) is 0. The van der Waals surface area contributed by atoms with Crippen LogP contribution in [0.4, 0.5) is 14.3 Å². The van der Waals surface area contributed by atoms with Crippen LogP contribution in [0.25, 0.3) is 0 Å². The normalized spacial score (nSPS) is 22.0. The molecule has 0 aromatic heterocycles. The minimum absolute atomic E-state index is 0. The fraction of sp³-hybridized carbons (Fsp3) is 0.500. The van der Waals surface area contributed by atoms with Crippen LogP contribution in [-0.4, -0.2) is 38.2 Å². The first-order chi connectivity index (χ1) is 6.72. The second-order valence-electron chi connectivity index (χ2n) is 2.40. The number of carbonyl (C=O) groups is 2. The van der Waals surface area contributed by atoms with E-state index in [-0.39, 0.29) is 10.8 Å². The minimum Gasteiger partial charge on any atom is -0.431 e. The maximum absolute atomic E-state index is 10.1. The van der Waals surface area contributed by atoms with Gasteiger partial charge in [0.2, 0.25) is 0 Å². The summed E-state index contributed by atoms with van der Waals surface area (Å²) in [5, 5.41) is 0. The lowest BCUT2D eigenvalue weighted by atomic mass is 10.4. The molecule has 1 unspecified atom stereocenters. The molecule has 2 heterocycles. The zero-order valence-corrected chi connectivity index (χ0v) is 7.84. The Morgan fingerprint density at radius 2 is 1.73 bits per heavy atom. The van der Waals surface area contributed by atoms with Crippen LogP contribution >= 0.6 is 0 Å². The molecular weight excluding hydrogens is 211 g/mol. The second-order valence-corrected chi connectivity index (χ2v) is 2.40. The average Bonchev–Trinajstić information content (AvgIpc) is 2.77. The van der Waals surface area contributed by atoms with Gasteiger partial charge in [0.15, 0.2) is 6.10 Å². The summed E-state index contributed by atoms with van der Waals surface area (Å²) in [7, 11) is 0. The van der Waals surface area contributed by atoms with Crippen molar-refractivity contribution in [2.75, 3.05) is 19.8 Å². The van der Waals surface area contributed by atoms with Gasteiger partial charge in [-0.05, 0) is 6.08 Å². The van der Waals surface area contributed by atoms with Crippen LogP contribution in [0.2, 0.25) is 0 Å². The van der Waals surface area contributed by atoms with Crippen LogP contribution in [-0.2, 0) is 18.9 Å². The number of carbonyl (C=O) groups excluding carboxylic acids is 2. The SMILES string of the molecule is C=CC1COC(=O)O1.F.O=C1OCCO1. The molecule has 0 aromatic carbocycles. The van der Waals surface area contributed by atoms with E-state index in [1.54, 1.807) is 0 Å². The van der Waals surface area contributed by atoms with Gasteiger partial charge >= 0.3 is 12.3 Å². The highest BCUT2D eigenvalue weighted by Crippen LogP contribution is 2.05. The lowest BCUT2D eigenvalue weighted by Crippen LogP contribution is -2.03. The molecule has 0 N–H and O–H groups in total. The lowest BCUT2D eigenvalue weighted by Gasteiger charge is -1.92. The van der Waals surface area contributed by atoms with E-state index in [0.717, 1.165) is 0 Å². The number of hydrogen-bond donors (Lipinski definition) is 0. The van der Waals surface area contributed by atoms with E-state index < -0.39 is 12.3 Å². The van der Waals surface area contributed by atoms with Crippen molar-refractivity contribution in [3.05, 3.63) is 12.7 Å². The van der Waals surface area contributed by atoms with Gasteiger partial charge in [-0.2, -0.15) is 0 Å². The average molecular weight is 222 g/mol. The number of cyclic esters (lactones) is 4. The molecule has 2 saturated heterocycles. The van der Waals surface area contributed by atoms with Crippen molar-refractivity contribution in [3.63, 3.8) is 0 Å². The van der Waals surface area contributed by atoms with Gasteiger partial charge in [0.05, 0.1) is 0 Å². The van der Waals surface area contributed by atoms with Gasteiger partial charge in [-0.15, -0.1) is 0 Å². The second kappa shape index (κ2) is 6.63. The van der Waals surface area contributed by atoms with Crippen molar-refractivity contribution >= 4 is 12.3 Å². The van der Waals surface area contributed by atoms with Gasteiger partial charge in [0, 0.05) is 0 Å². The molecule has 7 heteroatoms. The predicted molar refractivity (Wildman–Crippen MR) is 46.2 cm³/mol. The Kier molecular flexibility index (Phi) is 5.84. The van der Waals surface area contributed by atoms with Crippen LogP contribution in [0, 0.1) is 0 Å². The molecule has 0 bridgehead atoms. The molecule has 86 valence electrons. The fourth-order valence-electron chi connectivity index (χ4n) is 0.750. The van der Waals surface area contributed by atoms with E-state index in [1.165, 1.54) is 6.08 Å². The zero-order chi connectivity index (χ0) is 10.4. The molecule has 2 fully saturated rings. The predicted octanol–water partition coefficient (Wildman–Crippen LogP) is 1.01. The van der Waals surface area contributed by atoms with Gasteiger partial charge in [0.1, 0.15) is 19.8 Å². The Morgan fingerprint density at radius 3 is 1.93 bits per heavy atom. The molecule has 0 aliphatic carbocycles. The van der Waals surface area contributed by atoms with E-state index in [9.17, 15) is 9.59 Å². The van der Waals surface area contributed by atoms with Crippen molar-refractivity contribution in [1.82, 2.24) is 0 Å². The first kappa shape index (κ1) is 13.2. The third-order valence-corrected chi connectivity index (χ3v) is 1.40. The molecule has 0 amide bonds. The first-order valence-electron chi connectivity index (χ1n) is 3.98. The summed E-state index contributed by atoms with van der Waals surface area (Å²) in [4.78, 5) is 19.9. The first-order valence-corrected chi connectivity index (χ1v) is 3.98. The third kappa shape index (κ3) is 4.84. The molecule has 6 nitrogen and oxygen atoms in total. The molecule has 1 atom stereocenters. The van der Waals surface area contributed by atoms with E-state index in [2.05, 4.69) is 25.5 Å². The van der Waals surface area contributed by atoms with Crippen LogP contribution < -0.4 is 0 Å². The summed E-state index contributed by atoms with van der Waals surface area (Å²) in [6.07, 6.45) is 0.151. The number of ether oxygens (including phenoxy) is 4. The third-order valence-electron chi connectivity index (χ3n) is 1.40. The maximum Gasteiger partial charge on any atom is 0.509 e. The molecule has 15 heavy (non-hydrogen) atoms. The molecular formula is C8H11FO6. The number of hydrogen-bond acceptors (Lipinski definition) is 6. The Hall–Kier alpha value is -1.79. The van der Waals surface area contributed by atoms with Crippen molar-refractivity contribution in [2.24, 2.45) is 0 Å². The number of rotatable bonds is 1. The Morgan fingerprint density at radius 1 is 1.13 bits per heavy atom. The minimum atomic E-state index is -0.602. The van der Waals surface area contributed by atoms with Crippen LogP contribution in [0.3, 0.4) is 0 Å². The zero-order valence-electron chi connectivity index (χ0n) is 7.84. The van der Waals surface area contributed by atoms with Gasteiger partial charge in [-0.1, -0.05) is 6.58 Å². The molecule has 0 aromatic rings. The Balaban J connectivity index is 0.000000253. The highest BCUT2D eigenvalue weighted by atomic mass is 19.0. The smallest absolute Gasteiger partial charge is 0.431 e. The van der Waals surface area contributed by atoms with Gasteiger partial charge in [0.25, 0.3) is 0 Å². The summed E-state index contributed by atoms with van der Waals surface area (Å²) in [5.74, 6) is 0. The molecule has 2 rings (SSSR count). The molecule has 0 saturated carbocycles. The van der Waals surface area contributed by atoms with Crippen molar-refractivity contribution in [2.45, 2.75) is 6.10 Å². The summed E-state index contributed by atoms with van der Waals surface area (Å²) >= 11 is 0. The quantitative estimate of drug-likeness (QED) is 0.487. The largest absolute Gasteiger partial charge is 0.509 e. The van der Waals surface area contributed by atoms with E-state index in [4.69, 9.17) is 0 Å². The van der Waals surface area contributed by atoms with E-state index >= 15 is 0 Å². The van der Waals surface area contributed by atoms with Crippen LogP contribution in [0.1, 0.15) is 0 Å². The maximum atomic E-state index is 10.1. The molecule has 0 radical (unpaired) electrons. The van der Waals surface area contributed by atoms with E-state index in [1.807, 2.05) is 0 Å². The Bertz CT molecular complexity index is 233. The fourth-order valence-corrected chi connectivity index (χ4v) is 0.750. The Labute approximate surface area is 85.1 Å². The van der Waals surface area contributed by atoms with Crippen LogP contribution in [0.5, 0.6) is 0 Å².